The molecule has 12 heavy (non-hydrogen) atoms. The molecule has 0 aliphatic carbocycles. The lowest BCUT2D eigenvalue weighted by atomic mass is 10.4. The van der Waals surface area contributed by atoms with Crippen LogP contribution in [0.25, 0.3) is 0 Å². The number of nitrogens with zero attached hydrogens (tertiary/aromatic N) is 3. The Morgan fingerprint density at radius 3 is 3.08 bits per heavy atom. The fourth-order valence-corrected chi connectivity index (χ4v) is 0.618. The molecule has 0 aromatic carbocycles. The molecule has 1 aromatic heterocycles. The zero-order valence-electron chi connectivity index (χ0n) is 6.28. The van der Waals surface area contributed by atoms with Gasteiger partial charge in [0.05, 0.1) is 12.5 Å². The Hall–Kier alpha value is -2.07. The van der Waals surface area contributed by atoms with E-state index in [2.05, 4.69) is 21.8 Å². The number of hydrogen-bond acceptors (Lipinski definition) is 4. The molecule has 0 radical (unpaired) electrons. The molecule has 0 unspecified atom stereocenters. The highest BCUT2D eigenvalue weighted by atomic mass is 15.0. The second-order valence-electron chi connectivity index (χ2n) is 1.94. The summed E-state index contributed by atoms with van der Waals surface area (Å²) in [5, 5.41) is 8.19. The first-order chi connectivity index (χ1) is 5.83. The molecule has 1 rings (SSSR count). The SMILES string of the molecule is N#CCC#Cc1ccnc(N)n1. The minimum Gasteiger partial charge on any atom is -0.368 e. The first-order valence-corrected chi connectivity index (χ1v) is 3.27. The van der Waals surface area contributed by atoms with E-state index in [1.807, 2.05) is 6.07 Å². The van der Waals surface area contributed by atoms with Gasteiger partial charge in [0, 0.05) is 6.20 Å². The summed E-state index contributed by atoms with van der Waals surface area (Å²) in [6.07, 6.45) is 1.72. The van der Waals surface area contributed by atoms with Crippen molar-refractivity contribution in [2.24, 2.45) is 0 Å². The van der Waals surface area contributed by atoms with Gasteiger partial charge in [-0.1, -0.05) is 5.92 Å². The lowest BCUT2D eigenvalue weighted by Gasteiger charge is -1.89. The van der Waals surface area contributed by atoms with Gasteiger partial charge in [-0.05, 0) is 12.0 Å². The van der Waals surface area contributed by atoms with Crippen LogP contribution in [-0.4, -0.2) is 9.97 Å². The first kappa shape index (κ1) is 8.03. The Bertz CT molecular complexity index is 367. The number of nitrogen functional groups attached to an aromatic ring is 1. The van der Waals surface area contributed by atoms with Gasteiger partial charge in [-0.2, -0.15) is 5.26 Å². The van der Waals surface area contributed by atoms with Gasteiger partial charge in [0.2, 0.25) is 5.95 Å². The van der Waals surface area contributed by atoms with Crippen molar-refractivity contribution in [3.8, 4) is 17.9 Å². The molecule has 0 fully saturated rings. The average molecular weight is 158 g/mol. The third kappa shape index (κ3) is 2.28. The van der Waals surface area contributed by atoms with Gasteiger partial charge in [0.15, 0.2) is 0 Å². The molecule has 2 N–H and O–H groups in total. The summed E-state index contributed by atoms with van der Waals surface area (Å²) in [5.41, 5.74) is 5.85. The van der Waals surface area contributed by atoms with Crippen LogP contribution in [0, 0.1) is 23.2 Å². The Labute approximate surface area is 70.1 Å². The van der Waals surface area contributed by atoms with Crippen molar-refractivity contribution in [1.29, 1.82) is 5.26 Å². The van der Waals surface area contributed by atoms with Crippen LogP contribution in [0.5, 0.6) is 0 Å². The predicted octanol–water partition coefficient (Wildman–Crippen LogP) is 0.324. The van der Waals surface area contributed by atoms with E-state index in [1.165, 1.54) is 6.20 Å². The molecule has 0 saturated carbocycles. The number of nitrogens with two attached hydrogens (primary N) is 1. The van der Waals surface area contributed by atoms with Gasteiger partial charge in [-0.3, -0.25) is 0 Å². The first-order valence-electron chi connectivity index (χ1n) is 3.27. The van der Waals surface area contributed by atoms with Gasteiger partial charge in [0.25, 0.3) is 0 Å². The van der Waals surface area contributed by atoms with E-state index in [9.17, 15) is 0 Å². The Balaban J connectivity index is 2.79. The maximum Gasteiger partial charge on any atom is 0.221 e. The van der Waals surface area contributed by atoms with Crippen molar-refractivity contribution in [3.05, 3.63) is 18.0 Å². The summed E-state index contributed by atoms with van der Waals surface area (Å²) in [6, 6.07) is 3.54. The fourth-order valence-electron chi connectivity index (χ4n) is 0.618. The highest BCUT2D eigenvalue weighted by Crippen LogP contribution is 1.93. The number of anilines is 1. The van der Waals surface area contributed by atoms with Crippen LogP contribution in [-0.2, 0) is 0 Å². The summed E-state index contributed by atoms with van der Waals surface area (Å²) >= 11 is 0. The summed E-state index contributed by atoms with van der Waals surface area (Å²) in [6.45, 7) is 0. The molecule has 0 saturated heterocycles. The van der Waals surface area contributed by atoms with Crippen LogP contribution < -0.4 is 5.73 Å². The van der Waals surface area contributed by atoms with E-state index < -0.39 is 0 Å². The highest BCUT2D eigenvalue weighted by Gasteiger charge is 1.88. The highest BCUT2D eigenvalue weighted by molar-refractivity contribution is 5.31. The molecule has 1 heterocycles. The lowest BCUT2D eigenvalue weighted by molar-refractivity contribution is 1.16. The van der Waals surface area contributed by atoms with E-state index >= 15 is 0 Å². The summed E-state index contributed by atoms with van der Waals surface area (Å²) < 4.78 is 0. The van der Waals surface area contributed by atoms with Crippen molar-refractivity contribution in [1.82, 2.24) is 9.97 Å². The van der Waals surface area contributed by atoms with E-state index in [0.29, 0.717) is 5.69 Å². The summed E-state index contributed by atoms with van der Waals surface area (Å²) in [7, 11) is 0. The van der Waals surface area contributed by atoms with Gasteiger partial charge < -0.3 is 5.73 Å². The maximum absolute atomic E-state index is 8.19. The molecule has 0 spiro atoms. The monoisotopic (exact) mass is 158 g/mol. The largest absolute Gasteiger partial charge is 0.368 e. The molecule has 0 bridgehead atoms. The van der Waals surface area contributed by atoms with Crippen LogP contribution in [0.2, 0.25) is 0 Å². The van der Waals surface area contributed by atoms with E-state index in [1.54, 1.807) is 6.07 Å². The van der Waals surface area contributed by atoms with Gasteiger partial charge in [-0.15, -0.1) is 0 Å². The molecule has 0 aliphatic heterocycles. The predicted molar refractivity (Wildman–Crippen MR) is 43.6 cm³/mol. The van der Waals surface area contributed by atoms with Crippen LogP contribution in [0.3, 0.4) is 0 Å². The molecule has 4 heteroatoms. The zero-order valence-corrected chi connectivity index (χ0v) is 6.28. The number of nitriles is 1. The summed E-state index contributed by atoms with van der Waals surface area (Å²) in [4.78, 5) is 7.53. The molecule has 4 nitrogen and oxygen atoms in total. The zero-order chi connectivity index (χ0) is 8.81. The van der Waals surface area contributed by atoms with Crippen molar-refractivity contribution < 1.29 is 0 Å². The second kappa shape index (κ2) is 3.95. The third-order valence-electron chi connectivity index (χ3n) is 1.06. The van der Waals surface area contributed by atoms with Crippen LogP contribution in [0.15, 0.2) is 12.3 Å². The topological polar surface area (TPSA) is 75.6 Å². The average Bonchev–Trinajstić information content (AvgIpc) is 2.05. The minimum absolute atomic E-state index is 0.193. The van der Waals surface area contributed by atoms with Gasteiger partial charge in [0.1, 0.15) is 5.69 Å². The normalized spacial score (nSPS) is 7.92. The molecule has 58 valence electrons. The molecule has 0 amide bonds. The Kier molecular flexibility index (Phi) is 2.64. The number of hydrogen-bond donors (Lipinski definition) is 1. The quantitative estimate of drug-likeness (QED) is 0.552. The van der Waals surface area contributed by atoms with Crippen molar-refractivity contribution in [3.63, 3.8) is 0 Å². The maximum atomic E-state index is 8.19. The van der Waals surface area contributed by atoms with E-state index in [0.717, 1.165) is 0 Å². The second-order valence-corrected chi connectivity index (χ2v) is 1.94. The molecule has 1 aromatic rings. The lowest BCUT2D eigenvalue weighted by Crippen LogP contribution is -1.94. The molecule has 0 atom stereocenters. The van der Waals surface area contributed by atoms with Gasteiger partial charge >= 0.3 is 0 Å². The fraction of sp³-hybridized carbons (Fsp3) is 0.125. The van der Waals surface area contributed by atoms with Crippen molar-refractivity contribution in [2.75, 3.05) is 5.73 Å². The van der Waals surface area contributed by atoms with Crippen LogP contribution in [0.4, 0.5) is 5.95 Å². The smallest absolute Gasteiger partial charge is 0.221 e. The number of rotatable bonds is 0. The summed E-state index contributed by atoms with van der Waals surface area (Å²) in [5.74, 6) is 5.50. The molecular formula is C8H6N4. The van der Waals surface area contributed by atoms with Crippen LogP contribution in [0.1, 0.15) is 12.1 Å². The van der Waals surface area contributed by atoms with Crippen molar-refractivity contribution >= 4 is 5.95 Å². The Morgan fingerprint density at radius 2 is 2.42 bits per heavy atom. The van der Waals surface area contributed by atoms with E-state index in [-0.39, 0.29) is 12.4 Å². The molecule has 0 aliphatic rings. The van der Waals surface area contributed by atoms with Crippen LogP contribution >= 0.6 is 0 Å². The standard InChI is InChI=1S/C8H6N4/c9-5-2-1-3-7-4-6-11-8(10)12-7/h4,6H,2H2,(H2,10,11,12). The minimum atomic E-state index is 0.193. The van der Waals surface area contributed by atoms with Gasteiger partial charge in [-0.25, -0.2) is 9.97 Å². The molecular weight excluding hydrogens is 152 g/mol. The Morgan fingerprint density at radius 1 is 1.58 bits per heavy atom. The third-order valence-corrected chi connectivity index (χ3v) is 1.06. The van der Waals surface area contributed by atoms with E-state index in [4.69, 9.17) is 11.0 Å². The van der Waals surface area contributed by atoms with Crippen molar-refractivity contribution in [2.45, 2.75) is 6.42 Å². The number of aromatic nitrogens is 2.